The minimum Gasteiger partial charge on any atom is -0.392 e. The average Bonchev–Trinajstić information content (AvgIpc) is 2.97. The third-order valence-electron chi connectivity index (χ3n) is 4.75. The van der Waals surface area contributed by atoms with Crippen LogP contribution in [0.1, 0.15) is 31.2 Å². The van der Waals surface area contributed by atoms with Gasteiger partial charge in [0.1, 0.15) is 5.82 Å². The van der Waals surface area contributed by atoms with Gasteiger partial charge in [0.2, 0.25) is 0 Å². The molecule has 1 nitrogen and oxygen atoms in total. The van der Waals surface area contributed by atoms with Gasteiger partial charge in [-0.25, -0.2) is 4.39 Å². The molecule has 0 saturated heterocycles. The van der Waals surface area contributed by atoms with Crippen LogP contribution in [0.5, 0.6) is 0 Å². The first-order valence-electron chi connectivity index (χ1n) is 6.76. The van der Waals surface area contributed by atoms with Crippen LogP contribution in [0.3, 0.4) is 0 Å². The summed E-state index contributed by atoms with van der Waals surface area (Å²) in [5.41, 5.74) is 0.540. The van der Waals surface area contributed by atoms with E-state index in [4.69, 9.17) is 11.6 Å². The maximum atomic E-state index is 13.8. The van der Waals surface area contributed by atoms with Crippen LogP contribution >= 0.6 is 11.6 Å². The normalized spacial score (nSPS) is 31.8. The number of rotatable bonds is 3. The number of fused-ring (bicyclic) bond motifs is 2. The summed E-state index contributed by atoms with van der Waals surface area (Å²) >= 11 is 5.76. The summed E-state index contributed by atoms with van der Waals surface area (Å²) in [5, 5.41) is 10.5. The van der Waals surface area contributed by atoms with Crippen LogP contribution in [0.15, 0.2) is 18.2 Å². The van der Waals surface area contributed by atoms with E-state index in [9.17, 15) is 9.50 Å². The van der Waals surface area contributed by atoms with Crippen LogP contribution in [0, 0.1) is 23.6 Å². The number of aliphatic hydroxyl groups is 1. The van der Waals surface area contributed by atoms with E-state index in [1.54, 1.807) is 18.2 Å². The molecule has 0 spiro atoms. The Morgan fingerprint density at radius 2 is 2.17 bits per heavy atom. The van der Waals surface area contributed by atoms with Gasteiger partial charge in [-0.15, -0.1) is 0 Å². The lowest BCUT2D eigenvalue weighted by atomic mass is 9.82. The Hall–Kier alpha value is -0.600. The van der Waals surface area contributed by atoms with Crippen LogP contribution < -0.4 is 0 Å². The summed E-state index contributed by atoms with van der Waals surface area (Å²) in [6, 6.07) is 5.01. The standard InChI is InChI=1S/C15H18ClFO/c16-13-3-1-2-11(15(13)17)8-14(18)12-7-9-4-5-10(12)6-9/h1-3,9-10,12,14,18H,4-8H2. The molecule has 3 heteroatoms. The Morgan fingerprint density at radius 1 is 1.33 bits per heavy atom. The summed E-state index contributed by atoms with van der Waals surface area (Å²) in [5.74, 6) is 1.45. The van der Waals surface area contributed by atoms with Crippen molar-refractivity contribution in [3.8, 4) is 0 Å². The summed E-state index contributed by atoms with van der Waals surface area (Å²) in [6.07, 6.45) is 4.91. The highest BCUT2D eigenvalue weighted by atomic mass is 35.5. The van der Waals surface area contributed by atoms with Crippen molar-refractivity contribution in [1.29, 1.82) is 0 Å². The predicted octanol–water partition coefficient (Wildman–Crippen LogP) is 3.82. The SMILES string of the molecule is OC(Cc1cccc(Cl)c1F)C1CC2CCC1C2. The van der Waals surface area contributed by atoms with Crippen LogP contribution in [-0.2, 0) is 6.42 Å². The Kier molecular flexibility index (Phi) is 3.33. The van der Waals surface area contributed by atoms with E-state index in [0.717, 1.165) is 12.3 Å². The van der Waals surface area contributed by atoms with Crippen molar-refractivity contribution in [3.63, 3.8) is 0 Å². The molecule has 1 aromatic carbocycles. The Bertz CT molecular complexity index is 448. The van der Waals surface area contributed by atoms with Crippen LogP contribution in [0.2, 0.25) is 5.02 Å². The van der Waals surface area contributed by atoms with E-state index in [-0.39, 0.29) is 10.8 Å². The van der Waals surface area contributed by atoms with Crippen LogP contribution in [0.25, 0.3) is 0 Å². The summed E-state index contributed by atoms with van der Waals surface area (Å²) < 4.78 is 13.8. The van der Waals surface area contributed by atoms with Crippen molar-refractivity contribution in [2.75, 3.05) is 0 Å². The molecule has 1 N–H and O–H groups in total. The molecule has 0 amide bonds. The molecule has 18 heavy (non-hydrogen) atoms. The number of hydrogen-bond acceptors (Lipinski definition) is 1. The van der Waals surface area contributed by atoms with Crippen molar-refractivity contribution in [2.45, 2.75) is 38.2 Å². The van der Waals surface area contributed by atoms with Gasteiger partial charge >= 0.3 is 0 Å². The van der Waals surface area contributed by atoms with Gasteiger partial charge in [-0.1, -0.05) is 30.2 Å². The summed E-state index contributed by atoms with van der Waals surface area (Å²) in [6.45, 7) is 0. The van der Waals surface area contributed by atoms with Gasteiger partial charge in [-0.2, -0.15) is 0 Å². The van der Waals surface area contributed by atoms with Crippen molar-refractivity contribution in [3.05, 3.63) is 34.6 Å². The second-order valence-corrected chi connectivity index (χ2v) is 6.23. The fourth-order valence-corrected chi connectivity index (χ4v) is 4.04. The molecular weight excluding hydrogens is 251 g/mol. The molecule has 0 aliphatic heterocycles. The fourth-order valence-electron chi connectivity index (χ4n) is 3.85. The molecule has 2 saturated carbocycles. The number of halogens is 2. The minimum absolute atomic E-state index is 0.146. The van der Waals surface area contributed by atoms with E-state index >= 15 is 0 Å². The third kappa shape index (κ3) is 2.17. The Morgan fingerprint density at radius 3 is 2.83 bits per heavy atom. The summed E-state index contributed by atoms with van der Waals surface area (Å²) in [7, 11) is 0. The van der Waals surface area contributed by atoms with E-state index in [0.29, 0.717) is 23.8 Å². The zero-order valence-electron chi connectivity index (χ0n) is 10.3. The highest BCUT2D eigenvalue weighted by molar-refractivity contribution is 6.30. The number of hydrogen-bond donors (Lipinski definition) is 1. The van der Waals surface area contributed by atoms with Crippen LogP contribution in [-0.4, -0.2) is 11.2 Å². The fraction of sp³-hybridized carbons (Fsp3) is 0.600. The molecular formula is C15H18ClFO. The molecule has 0 aromatic heterocycles. The van der Waals surface area contributed by atoms with Crippen molar-refractivity contribution in [2.24, 2.45) is 17.8 Å². The molecule has 1 aromatic rings. The maximum Gasteiger partial charge on any atom is 0.145 e. The van der Waals surface area contributed by atoms with E-state index in [1.165, 1.54) is 19.3 Å². The van der Waals surface area contributed by atoms with E-state index < -0.39 is 6.10 Å². The number of aliphatic hydroxyl groups excluding tert-OH is 1. The highest BCUT2D eigenvalue weighted by Crippen LogP contribution is 2.49. The van der Waals surface area contributed by atoms with Gasteiger partial charge in [0.05, 0.1) is 11.1 Å². The first kappa shape index (κ1) is 12.4. The largest absolute Gasteiger partial charge is 0.392 e. The second-order valence-electron chi connectivity index (χ2n) is 5.82. The van der Waals surface area contributed by atoms with Gasteiger partial charge in [-0.3, -0.25) is 0 Å². The maximum absolute atomic E-state index is 13.8. The molecule has 2 fully saturated rings. The molecule has 0 radical (unpaired) electrons. The van der Waals surface area contributed by atoms with Crippen LogP contribution in [0.4, 0.5) is 4.39 Å². The lowest BCUT2D eigenvalue weighted by Gasteiger charge is -2.27. The average molecular weight is 269 g/mol. The molecule has 2 bridgehead atoms. The summed E-state index contributed by atoms with van der Waals surface area (Å²) in [4.78, 5) is 0. The monoisotopic (exact) mass is 268 g/mol. The second kappa shape index (κ2) is 4.82. The molecule has 4 unspecified atom stereocenters. The minimum atomic E-state index is -0.423. The van der Waals surface area contributed by atoms with Gasteiger partial charge in [0, 0.05) is 6.42 Å². The van der Waals surface area contributed by atoms with Crippen molar-refractivity contribution in [1.82, 2.24) is 0 Å². The van der Waals surface area contributed by atoms with Gasteiger partial charge in [-0.05, 0) is 48.6 Å². The molecule has 2 aliphatic rings. The van der Waals surface area contributed by atoms with Gasteiger partial charge < -0.3 is 5.11 Å². The lowest BCUT2D eigenvalue weighted by molar-refractivity contribution is 0.0743. The van der Waals surface area contributed by atoms with Crippen molar-refractivity contribution >= 4 is 11.6 Å². The zero-order chi connectivity index (χ0) is 12.7. The topological polar surface area (TPSA) is 20.2 Å². The van der Waals surface area contributed by atoms with Gasteiger partial charge in [0.15, 0.2) is 0 Å². The molecule has 4 atom stereocenters. The van der Waals surface area contributed by atoms with E-state index in [2.05, 4.69) is 0 Å². The van der Waals surface area contributed by atoms with Gasteiger partial charge in [0.25, 0.3) is 0 Å². The molecule has 98 valence electrons. The molecule has 2 aliphatic carbocycles. The van der Waals surface area contributed by atoms with E-state index in [1.807, 2.05) is 0 Å². The lowest BCUT2D eigenvalue weighted by Crippen LogP contribution is -2.27. The first-order chi connectivity index (χ1) is 8.65. The smallest absolute Gasteiger partial charge is 0.145 e. The Labute approximate surface area is 112 Å². The first-order valence-corrected chi connectivity index (χ1v) is 7.14. The molecule has 0 heterocycles. The molecule has 3 rings (SSSR count). The van der Waals surface area contributed by atoms with Crippen molar-refractivity contribution < 1.29 is 9.50 Å². The highest BCUT2D eigenvalue weighted by Gasteiger charge is 2.42. The predicted molar refractivity (Wildman–Crippen MR) is 70.1 cm³/mol. The zero-order valence-corrected chi connectivity index (χ0v) is 11.0. The quantitative estimate of drug-likeness (QED) is 0.884. The Balaban J connectivity index is 1.71. The third-order valence-corrected chi connectivity index (χ3v) is 5.04. The number of benzene rings is 1.